The lowest BCUT2D eigenvalue weighted by Crippen LogP contribution is -2.08. The van der Waals surface area contributed by atoms with Crippen LogP contribution in [0.15, 0.2) is 27.4 Å². The highest BCUT2D eigenvalue weighted by atomic mass is 16.5. The third-order valence-corrected chi connectivity index (χ3v) is 4.61. The fraction of sp³-hybridized carbons (Fsp3) is 0.545. The number of carboxylic acid groups (broad SMARTS) is 1. The Bertz CT molecular complexity index is 841. The summed E-state index contributed by atoms with van der Waals surface area (Å²) in [5.41, 5.74) is -0.512. The van der Waals surface area contributed by atoms with Crippen LogP contribution in [-0.2, 0) is 4.79 Å². The zero-order valence-electron chi connectivity index (χ0n) is 16.9. The van der Waals surface area contributed by atoms with Crippen molar-refractivity contribution >= 4 is 16.9 Å². The van der Waals surface area contributed by atoms with Crippen LogP contribution in [0.5, 0.6) is 17.2 Å². The third kappa shape index (κ3) is 7.33. The Labute approximate surface area is 170 Å². The van der Waals surface area contributed by atoms with E-state index in [1.807, 2.05) is 0 Å². The number of hydrogen-bond donors (Lipinski definition) is 2. The van der Waals surface area contributed by atoms with E-state index in [9.17, 15) is 14.7 Å². The van der Waals surface area contributed by atoms with Gasteiger partial charge in [-0.1, -0.05) is 39.0 Å². The lowest BCUT2D eigenvalue weighted by atomic mass is 10.1. The summed E-state index contributed by atoms with van der Waals surface area (Å²) >= 11 is 0. The van der Waals surface area contributed by atoms with Crippen molar-refractivity contribution in [2.24, 2.45) is 0 Å². The van der Waals surface area contributed by atoms with Gasteiger partial charge >= 0.3 is 11.6 Å². The van der Waals surface area contributed by atoms with Crippen LogP contribution in [0.25, 0.3) is 11.0 Å². The molecular weight excluding hydrogens is 376 g/mol. The van der Waals surface area contributed by atoms with Crippen LogP contribution in [0.1, 0.15) is 64.7 Å². The molecule has 1 aromatic carbocycles. The van der Waals surface area contributed by atoms with Gasteiger partial charge in [-0.2, -0.15) is 0 Å². The van der Waals surface area contributed by atoms with Gasteiger partial charge in [-0.3, -0.25) is 4.79 Å². The Kier molecular flexibility index (Phi) is 9.34. The summed E-state index contributed by atoms with van der Waals surface area (Å²) in [5.74, 6) is -0.734. The van der Waals surface area contributed by atoms with E-state index in [-0.39, 0.29) is 23.5 Å². The number of rotatable bonds is 14. The normalized spacial score (nSPS) is 10.9. The molecule has 0 bridgehead atoms. The molecule has 0 aliphatic rings. The van der Waals surface area contributed by atoms with Gasteiger partial charge in [0, 0.05) is 12.5 Å². The summed E-state index contributed by atoms with van der Waals surface area (Å²) in [6.07, 6.45) is 7.82. The molecule has 1 aromatic heterocycles. The topological polar surface area (TPSA) is 106 Å². The first-order chi connectivity index (χ1) is 14.0. The van der Waals surface area contributed by atoms with Gasteiger partial charge in [-0.05, 0) is 31.4 Å². The number of benzene rings is 1. The summed E-state index contributed by atoms with van der Waals surface area (Å²) in [6, 6.07) is 4.81. The molecule has 0 aliphatic carbocycles. The van der Waals surface area contributed by atoms with Gasteiger partial charge in [0.15, 0.2) is 5.75 Å². The lowest BCUT2D eigenvalue weighted by molar-refractivity contribution is -0.137. The molecule has 2 N–H and O–H groups in total. The Hall–Kier alpha value is -2.70. The fourth-order valence-corrected chi connectivity index (χ4v) is 2.99. The number of carbonyl (C=O) groups is 1. The van der Waals surface area contributed by atoms with Gasteiger partial charge in [0.2, 0.25) is 5.75 Å². The number of aromatic hydroxyl groups is 1. The van der Waals surface area contributed by atoms with Crippen molar-refractivity contribution in [2.45, 2.75) is 64.7 Å². The molecule has 0 atom stereocenters. The number of hydrogen-bond acceptors (Lipinski definition) is 6. The first kappa shape index (κ1) is 22.6. The SMILES string of the molecule is CCCCCCCCOc1c(O)c2ccc(OCCCCC(=O)O)cc2oc1=O. The Balaban J connectivity index is 1.92. The molecule has 0 aliphatic heterocycles. The highest BCUT2D eigenvalue weighted by molar-refractivity contribution is 5.86. The van der Waals surface area contributed by atoms with E-state index in [4.69, 9.17) is 19.0 Å². The number of aliphatic carboxylic acids is 1. The van der Waals surface area contributed by atoms with Crippen molar-refractivity contribution in [3.63, 3.8) is 0 Å². The smallest absolute Gasteiger partial charge is 0.383 e. The molecule has 2 rings (SSSR count). The largest absolute Gasteiger partial charge is 0.504 e. The van der Waals surface area contributed by atoms with Crippen LogP contribution in [0, 0.1) is 0 Å². The lowest BCUT2D eigenvalue weighted by Gasteiger charge is -2.10. The molecule has 0 saturated heterocycles. The van der Waals surface area contributed by atoms with Gasteiger partial charge in [-0.15, -0.1) is 0 Å². The van der Waals surface area contributed by atoms with Gasteiger partial charge < -0.3 is 24.1 Å². The molecule has 1 heterocycles. The Morgan fingerprint density at radius 1 is 1.00 bits per heavy atom. The zero-order chi connectivity index (χ0) is 21.1. The molecule has 0 saturated carbocycles. The standard InChI is InChI=1S/C22H30O7/c1-2-3-4-5-6-8-14-28-21-20(25)17-12-11-16(15-18(17)29-22(21)26)27-13-9-7-10-19(23)24/h11-12,15,25H,2-10,13-14H2,1H3,(H,23,24). The number of fused-ring (bicyclic) bond motifs is 1. The van der Waals surface area contributed by atoms with E-state index in [1.54, 1.807) is 12.1 Å². The van der Waals surface area contributed by atoms with E-state index in [1.165, 1.54) is 25.3 Å². The van der Waals surface area contributed by atoms with Crippen LogP contribution in [0.3, 0.4) is 0 Å². The summed E-state index contributed by atoms with van der Waals surface area (Å²) < 4.78 is 16.3. The first-order valence-corrected chi connectivity index (χ1v) is 10.3. The van der Waals surface area contributed by atoms with E-state index < -0.39 is 11.6 Å². The van der Waals surface area contributed by atoms with Crippen molar-refractivity contribution < 1.29 is 28.9 Å². The quantitative estimate of drug-likeness (QED) is 0.340. The second-order valence-corrected chi connectivity index (χ2v) is 7.04. The zero-order valence-corrected chi connectivity index (χ0v) is 16.9. The van der Waals surface area contributed by atoms with E-state index in [2.05, 4.69) is 6.92 Å². The molecule has 2 aromatic rings. The average Bonchev–Trinajstić information content (AvgIpc) is 2.68. The van der Waals surface area contributed by atoms with Crippen molar-refractivity contribution in [3.8, 4) is 17.2 Å². The molecule has 0 unspecified atom stereocenters. The number of unbranched alkanes of at least 4 members (excludes halogenated alkanes) is 6. The van der Waals surface area contributed by atoms with Gasteiger partial charge in [-0.25, -0.2) is 4.79 Å². The third-order valence-electron chi connectivity index (χ3n) is 4.61. The van der Waals surface area contributed by atoms with Crippen molar-refractivity contribution in [3.05, 3.63) is 28.6 Å². The Morgan fingerprint density at radius 3 is 2.45 bits per heavy atom. The van der Waals surface area contributed by atoms with Gasteiger partial charge in [0.05, 0.1) is 18.6 Å². The minimum absolute atomic E-state index is 0.103. The molecule has 7 heteroatoms. The highest BCUT2D eigenvalue weighted by Gasteiger charge is 2.16. The van der Waals surface area contributed by atoms with E-state index >= 15 is 0 Å². The molecular formula is C22H30O7. The molecule has 29 heavy (non-hydrogen) atoms. The molecule has 7 nitrogen and oxygen atoms in total. The second-order valence-electron chi connectivity index (χ2n) is 7.04. The molecule has 0 amide bonds. The average molecular weight is 406 g/mol. The first-order valence-electron chi connectivity index (χ1n) is 10.3. The Morgan fingerprint density at radius 2 is 1.69 bits per heavy atom. The molecule has 0 fully saturated rings. The minimum atomic E-state index is -0.831. The van der Waals surface area contributed by atoms with E-state index in [0.29, 0.717) is 37.2 Å². The van der Waals surface area contributed by atoms with Crippen molar-refractivity contribution in [1.82, 2.24) is 0 Å². The summed E-state index contributed by atoms with van der Waals surface area (Å²) in [4.78, 5) is 22.7. The second kappa shape index (κ2) is 12.0. The van der Waals surface area contributed by atoms with Gasteiger partial charge in [0.25, 0.3) is 0 Å². The van der Waals surface area contributed by atoms with Crippen molar-refractivity contribution in [2.75, 3.05) is 13.2 Å². The number of carboxylic acids is 1. The maximum atomic E-state index is 12.2. The maximum Gasteiger partial charge on any atom is 0.383 e. The number of ether oxygens (including phenoxy) is 2. The summed E-state index contributed by atoms with van der Waals surface area (Å²) in [7, 11) is 0. The van der Waals surface area contributed by atoms with Gasteiger partial charge in [0.1, 0.15) is 11.3 Å². The molecule has 160 valence electrons. The minimum Gasteiger partial charge on any atom is -0.504 e. The van der Waals surface area contributed by atoms with Crippen LogP contribution in [0.4, 0.5) is 0 Å². The van der Waals surface area contributed by atoms with Crippen LogP contribution >= 0.6 is 0 Å². The van der Waals surface area contributed by atoms with Crippen molar-refractivity contribution in [1.29, 1.82) is 0 Å². The summed E-state index contributed by atoms with van der Waals surface area (Å²) in [5, 5.41) is 19.4. The predicted octanol–water partition coefficient (Wildman–Crippen LogP) is 4.87. The predicted molar refractivity (Wildman–Crippen MR) is 110 cm³/mol. The monoisotopic (exact) mass is 406 g/mol. The maximum absolute atomic E-state index is 12.2. The van der Waals surface area contributed by atoms with Crippen LogP contribution < -0.4 is 15.1 Å². The highest BCUT2D eigenvalue weighted by Crippen LogP contribution is 2.33. The molecule has 0 spiro atoms. The van der Waals surface area contributed by atoms with Crippen LogP contribution in [-0.4, -0.2) is 29.4 Å². The van der Waals surface area contributed by atoms with E-state index in [0.717, 1.165) is 19.3 Å². The summed E-state index contributed by atoms with van der Waals surface area (Å²) in [6.45, 7) is 2.88. The molecule has 0 radical (unpaired) electrons. The fourth-order valence-electron chi connectivity index (χ4n) is 2.99. The van der Waals surface area contributed by atoms with Crippen LogP contribution in [0.2, 0.25) is 0 Å².